The molecule has 0 saturated carbocycles. The number of ether oxygens (including phenoxy) is 1. The fourth-order valence-electron chi connectivity index (χ4n) is 2.49. The summed E-state index contributed by atoms with van der Waals surface area (Å²) in [7, 11) is 2.22. The van der Waals surface area contributed by atoms with E-state index in [1.54, 1.807) is 6.26 Å². The molecule has 0 radical (unpaired) electrons. The lowest BCUT2D eigenvalue weighted by molar-refractivity contribution is 0.0513. The van der Waals surface area contributed by atoms with E-state index in [2.05, 4.69) is 24.2 Å². The highest BCUT2D eigenvalue weighted by molar-refractivity contribution is 4.97. The fraction of sp³-hybridized carbons (Fsp3) is 0.733. The molecule has 0 aliphatic carbocycles. The van der Waals surface area contributed by atoms with Crippen molar-refractivity contribution in [3.05, 3.63) is 24.2 Å². The summed E-state index contributed by atoms with van der Waals surface area (Å²) in [5, 5.41) is 3.45. The third kappa shape index (κ3) is 4.97. The van der Waals surface area contributed by atoms with Gasteiger partial charge in [-0.15, -0.1) is 0 Å². The Morgan fingerprint density at radius 1 is 1.42 bits per heavy atom. The molecule has 0 aromatic carbocycles. The molecule has 108 valence electrons. The maximum absolute atomic E-state index is 5.41. The van der Waals surface area contributed by atoms with E-state index < -0.39 is 0 Å². The molecule has 1 fully saturated rings. The first-order valence-corrected chi connectivity index (χ1v) is 7.27. The van der Waals surface area contributed by atoms with Crippen molar-refractivity contribution in [1.82, 2.24) is 10.2 Å². The average Bonchev–Trinajstić information content (AvgIpc) is 2.93. The van der Waals surface area contributed by atoms with Crippen molar-refractivity contribution >= 4 is 0 Å². The molecule has 0 bridgehead atoms. The van der Waals surface area contributed by atoms with Gasteiger partial charge in [-0.1, -0.05) is 0 Å². The van der Waals surface area contributed by atoms with Crippen molar-refractivity contribution in [3.63, 3.8) is 0 Å². The molecule has 1 aromatic heterocycles. The van der Waals surface area contributed by atoms with Crippen LogP contribution in [0.1, 0.15) is 25.5 Å². The molecular weight excluding hydrogens is 240 g/mol. The standard InChI is InChI=1S/C15H26N2O2/c1-13(10-16-11-15-4-3-7-19-15)17(2)12-14-5-8-18-9-6-14/h3-4,7,13-14,16H,5-6,8-12H2,1-2H3. The van der Waals surface area contributed by atoms with Gasteiger partial charge in [0.05, 0.1) is 12.8 Å². The number of likely N-dealkylation sites (N-methyl/N-ethyl adjacent to an activating group) is 1. The molecule has 1 aromatic rings. The van der Waals surface area contributed by atoms with E-state index in [9.17, 15) is 0 Å². The lowest BCUT2D eigenvalue weighted by atomic mass is 9.99. The van der Waals surface area contributed by atoms with Gasteiger partial charge in [0.1, 0.15) is 5.76 Å². The maximum Gasteiger partial charge on any atom is 0.117 e. The Morgan fingerprint density at radius 2 is 2.21 bits per heavy atom. The van der Waals surface area contributed by atoms with Gasteiger partial charge in [0.15, 0.2) is 0 Å². The molecule has 0 spiro atoms. The Bertz CT molecular complexity index is 334. The van der Waals surface area contributed by atoms with Gasteiger partial charge in [-0.05, 0) is 44.9 Å². The summed E-state index contributed by atoms with van der Waals surface area (Å²) >= 11 is 0. The first kappa shape index (κ1) is 14.6. The van der Waals surface area contributed by atoms with Crippen LogP contribution in [0.4, 0.5) is 0 Å². The number of furan rings is 1. The predicted molar refractivity (Wildman–Crippen MR) is 76.0 cm³/mol. The normalized spacial score (nSPS) is 18.9. The molecule has 1 atom stereocenters. The van der Waals surface area contributed by atoms with Crippen LogP contribution in [0.3, 0.4) is 0 Å². The number of nitrogens with one attached hydrogen (secondary N) is 1. The van der Waals surface area contributed by atoms with Crippen molar-refractivity contribution in [2.75, 3.05) is 33.4 Å². The zero-order chi connectivity index (χ0) is 13.5. The highest BCUT2D eigenvalue weighted by Crippen LogP contribution is 2.16. The predicted octanol–water partition coefficient (Wildman–Crippen LogP) is 2.12. The Hall–Kier alpha value is -0.840. The van der Waals surface area contributed by atoms with Gasteiger partial charge < -0.3 is 19.4 Å². The van der Waals surface area contributed by atoms with E-state index >= 15 is 0 Å². The van der Waals surface area contributed by atoms with Gasteiger partial charge in [0, 0.05) is 32.3 Å². The quantitative estimate of drug-likeness (QED) is 0.820. The summed E-state index contributed by atoms with van der Waals surface area (Å²) in [5.41, 5.74) is 0. The SMILES string of the molecule is CC(CNCc1ccco1)N(C)CC1CCOCC1. The third-order valence-corrected chi connectivity index (χ3v) is 3.96. The molecule has 1 unspecified atom stereocenters. The van der Waals surface area contributed by atoms with Crippen LogP contribution in [0.5, 0.6) is 0 Å². The van der Waals surface area contributed by atoms with Crippen LogP contribution in [0, 0.1) is 5.92 Å². The highest BCUT2D eigenvalue weighted by atomic mass is 16.5. The average molecular weight is 266 g/mol. The number of rotatable bonds is 7. The second-order valence-electron chi connectivity index (χ2n) is 5.55. The van der Waals surface area contributed by atoms with Crippen LogP contribution >= 0.6 is 0 Å². The van der Waals surface area contributed by atoms with Crippen LogP contribution in [-0.2, 0) is 11.3 Å². The zero-order valence-electron chi connectivity index (χ0n) is 12.1. The van der Waals surface area contributed by atoms with E-state index in [1.807, 2.05) is 12.1 Å². The molecule has 0 amide bonds. The van der Waals surface area contributed by atoms with Crippen molar-refractivity contribution in [1.29, 1.82) is 0 Å². The summed E-state index contributed by atoms with van der Waals surface area (Å²) in [4.78, 5) is 2.45. The number of hydrogen-bond donors (Lipinski definition) is 1. The largest absolute Gasteiger partial charge is 0.468 e. The second-order valence-corrected chi connectivity index (χ2v) is 5.55. The van der Waals surface area contributed by atoms with E-state index in [4.69, 9.17) is 9.15 Å². The molecule has 2 rings (SSSR count). The summed E-state index contributed by atoms with van der Waals surface area (Å²) < 4.78 is 10.7. The van der Waals surface area contributed by atoms with Crippen molar-refractivity contribution < 1.29 is 9.15 Å². The van der Waals surface area contributed by atoms with Crippen molar-refractivity contribution in [2.45, 2.75) is 32.4 Å². The summed E-state index contributed by atoms with van der Waals surface area (Å²) in [6.07, 6.45) is 4.13. The van der Waals surface area contributed by atoms with Crippen molar-refractivity contribution in [2.24, 2.45) is 5.92 Å². The summed E-state index contributed by atoms with van der Waals surface area (Å²) in [6.45, 7) is 7.11. The first-order chi connectivity index (χ1) is 9.25. The minimum absolute atomic E-state index is 0.540. The number of nitrogens with zero attached hydrogens (tertiary/aromatic N) is 1. The van der Waals surface area contributed by atoms with Gasteiger partial charge in [-0.25, -0.2) is 0 Å². The molecule has 1 aliphatic heterocycles. The van der Waals surface area contributed by atoms with Crippen LogP contribution in [0.15, 0.2) is 22.8 Å². The molecular formula is C15H26N2O2. The molecule has 1 aliphatic rings. The van der Waals surface area contributed by atoms with Gasteiger partial charge in [-0.2, -0.15) is 0 Å². The molecule has 4 nitrogen and oxygen atoms in total. The smallest absolute Gasteiger partial charge is 0.117 e. The van der Waals surface area contributed by atoms with Crippen LogP contribution < -0.4 is 5.32 Å². The molecule has 1 N–H and O–H groups in total. The Balaban J connectivity index is 1.62. The Labute approximate surface area is 116 Å². The van der Waals surface area contributed by atoms with Gasteiger partial charge >= 0.3 is 0 Å². The molecule has 2 heterocycles. The highest BCUT2D eigenvalue weighted by Gasteiger charge is 2.18. The van der Waals surface area contributed by atoms with E-state index in [-0.39, 0.29) is 0 Å². The molecule has 1 saturated heterocycles. The second kappa shape index (κ2) is 7.68. The van der Waals surface area contributed by atoms with Crippen molar-refractivity contribution in [3.8, 4) is 0 Å². The van der Waals surface area contributed by atoms with Gasteiger partial charge in [0.25, 0.3) is 0 Å². The van der Waals surface area contributed by atoms with E-state index in [0.717, 1.165) is 38.0 Å². The monoisotopic (exact) mass is 266 g/mol. The maximum atomic E-state index is 5.41. The third-order valence-electron chi connectivity index (χ3n) is 3.96. The first-order valence-electron chi connectivity index (χ1n) is 7.27. The number of hydrogen-bond acceptors (Lipinski definition) is 4. The lowest BCUT2D eigenvalue weighted by Crippen LogP contribution is -2.41. The van der Waals surface area contributed by atoms with Gasteiger partial charge in [0.2, 0.25) is 0 Å². The molecule has 4 heteroatoms. The van der Waals surface area contributed by atoms with E-state index in [1.165, 1.54) is 19.4 Å². The minimum Gasteiger partial charge on any atom is -0.468 e. The fourth-order valence-corrected chi connectivity index (χ4v) is 2.49. The van der Waals surface area contributed by atoms with Gasteiger partial charge in [-0.3, -0.25) is 0 Å². The van der Waals surface area contributed by atoms with Crippen LogP contribution in [0.25, 0.3) is 0 Å². The Morgan fingerprint density at radius 3 is 2.89 bits per heavy atom. The van der Waals surface area contributed by atoms with Crippen LogP contribution in [-0.4, -0.2) is 44.3 Å². The summed E-state index contributed by atoms with van der Waals surface area (Å²) in [6, 6.07) is 4.47. The van der Waals surface area contributed by atoms with E-state index in [0.29, 0.717) is 6.04 Å². The van der Waals surface area contributed by atoms with Crippen LogP contribution in [0.2, 0.25) is 0 Å². The topological polar surface area (TPSA) is 37.6 Å². The minimum atomic E-state index is 0.540. The lowest BCUT2D eigenvalue weighted by Gasteiger charge is -2.31. The Kier molecular flexibility index (Phi) is 5.89. The zero-order valence-corrected chi connectivity index (χ0v) is 12.1. The summed E-state index contributed by atoms with van der Waals surface area (Å²) in [5.74, 6) is 1.80. The molecule has 19 heavy (non-hydrogen) atoms.